The number of hydrogen-bond acceptors (Lipinski definition) is 3. The second-order valence-electron chi connectivity index (χ2n) is 4.88. The molecule has 0 spiro atoms. The molecule has 0 radical (unpaired) electrons. The third kappa shape index (κ3) is 3.07. The van der Waals surface area contributed by atoms with E-state index in [1.807, 2.05) is 11.6 Å². The Morgan fingerprint density at radius 2 is 2.00 bits per heavy atom. The molecule has 21 heavy (non-hydrogen) atoms. The molecule has 5 nitrogen and oxygen atoms in total. The minimum atomic E-state index is -0.0975. The van der Waals surface area contributed by atoms with Gasteiger partial charge in [0.05, 0.1) is 17.1 Å². The number of nitrogens with zero attached hydrogens (tertiary/aromatic N) is 2. The van der Waals surface area contributed by atoms with E-state index in [0.717, 1.165) is 29.9 Å². The van der Waals surface area contributed by atoms with Crippen LogP contribution in [0.3, 0.4) is 0 Å². The van der Waals surface area contributed by atoms with Crippen molar-refractivity contribution >= 4 is 11.6 Å². The maximum atomic E-state index is 12.0. The summed E-state index contributed by atoms with van der Waals surface area (Å²) in [6.45, 7) is 6.64. The third-order valence-electron chi connectivity index (χ3n) is 3.42. The largest absolute Gasteiger partial charge is 0.397 e. The first kappa shape index (κ1) is 15.1. The van der Waals surface area contributed by atoms with E-state index in [1.165, 1.54) is 0 Å². The number of nitrogens with two attached hydrogens (primary N) is 1. The van der Waals surface area contributed by atoms with Gasteiger partial charge in [-0.05, 0) is 44.0 Å². The van der Waals surface area contributed by atoms with Crippen LogP contribution in [0, 0.1) is 0 Å². The number of carbonyl (C=O) groups is 1. The Balaban J connectivity index is 2.50. The molecule has 2 rings (SSSR count). The molecule has 0 aliphatic heterocycles. The average Bonchev–Trinajstić information content (AvgIpc) is 2.91. The van der Waals surface area contributed by atoms with Crippen molar-refractivity contribution in [2.24, 2.45) is 0 Å². The molecule has 0 fully saturated rings. The fourth-order valence-corrected chi connectivity index (χ4v) is 2.24. The number of rotatable bonds is 5. The molecular formula is C16H22N4O. The first-order chi connectivity index (χ1) is 10.1. The fourth-order valence-electron chi connectivity index (χ4n) is 2.24. The van der Waals surface area contributed by atoms with Crippen LogP contribution in [0.4, 0.5) is 5.69 Å². The van der Waals surface area contributed by atoms with E-state index in [2.05, 4.69) is 30.3 Å². The van der Waals surface area contributed by atoms with Crippen molar-refractivity contribution < 1.29 is 4.79 Å². The quantitative estimate of drug-likeness (QED) is 0.829. The molecule has 0 bridgehead atoms. The second-order valence-corrected chi connectivity index (χ2v) is 4.88. The maximum Gasteiger partial charge on any atom is 0.251 e. The van der Waals surface area contributed by atoms with Crippen LogP contribution in [0.25, 0.3) is 5.69 Å². The molecule has 1 aromatic carbocycles. The van der Waals surface area contributed by atoms with E-state index < -0.39 is 0 Å². The number of benzene rings is 1. The van der Waals surface area contributed by atoms with Gasteiger partial charge in [0.15, 0.2) is 0 Å². The predicted molar refractivity (Wildman–Crippen MR) is 84.7 cm³/mol. The zero-order valence-corrected chi connectivity index (χ0v) is 12.8. The van der Waals surface area contributed by atoms with Gasteiger partial charge in [-0.1, -0.05) is 13.8 Å². The molecule has 3 N–H and O–H groups in total. The third-order valence-corrected chi connectivity index (χ3v) is 3.42. The predicted octanol–water partition coefficient (Wildman–Crippen LogP) is 2.33. The van der Waals surface area contributed by atoms with E-state index in [1.54, 1.807) is 18.2 Å². The average molecular weight is 286 g/mol. The van der Waals surface area contributed by atoms with Crippen LogP contribution >= 0.6 is 0 Å². The van der Waals surface area contributed by atoms with Gasteiger partial charge in [0.1, 0.15) is 0 Å². The summed E-state index contributed by atoms with van der Waals surface area (Å²) in [5.74, 6) is -0.0975. The Hall–Kier alpha value is -2.30. The van der Waals surface area contributed by atoms with Gasteiger partial charge in [0.25, 0.3) is 5.91 Å². The highest BCUT2D eigenvalue weighted by molar-refractivity contribution is 5.95. The van der Waals surface area contributed by atoms with Crippen LogP contribution in [0.15, 0.2) is 24.3 Å². The first-order valence-electron chi connectivity index (χ1n) is 7.36. The summed E-state index contributed by atoms with van der Waals surface area (Å²) in [5.41, 5.74) is 10.2. The summed E-state index contributed by atoms with van der Waals surface area (Å²) >= 11 is 0. The molecule has 0 unspecified atom stereocenters. The van der Waals surface area contributed by atoms with Crippen molar-refractivity contribution in [3.8, 4) is 5.69 Å². The highest BCUT2D eigenvalue weighted by atomic mass is 16.1. The number of aromatic nitrogens is 2. The normalized spacial score (nSPS) is 10.6. The number of aryl methyl sites for hydroxylation is 2. The number of anilines is 1. The Labute approximate surface area is 125 Å². The lowest BCUT2D eigenvalue weighted by Gasteiger charge is -2.11. The summed E-state index contributed by atoms with van der Waals surface area (Å²) < 4.78 is 1.84. The number of amides is 1. The Morgan fingerprint density at radius 1 is 1.24 bits per heavy atom. The van der Waals surface area contributed by atoms with Gasteiger partial charge in [-0.3, -0.25) is 4.79 Å². The lowest BCUT2D eigenvalue weighted by molar-refractivity contribution is 0.0956. The number of nitrogens with one attached hydrogen (secondary N) is 1. The van der Waals surface area contributed by atoms with Gasteiger partial charge in [-0.2, -0.15) is 5.10 Å². The van der Waals surface area contributed by atoms with Gasteiger partial charge in [0, 0.05) is 17.8 Å². The smallest absolute Gasteiger partial charge is 0.251 e. The zero-order valence-electron chi connectivity index (χ0n) is 12.8. The first-order valence-corrected chi connectivity index (χ1v) is 7.36. The molecule has 5 heteroatoms. The van der Waals surface area contributed by atoms with E-state index in [0.29, 0.717) is 17.8 Å². The lowest BCUT2D eigenvalue weighted by Crippen LogP contribution is -2.23. The number of hydrogen-bond donors (Lipinski definition) is 2. The highest BCUT2D eigenvalue weighted by Gasteiger charge is 2.13. The molecule has 1 aromatic heterocycles. The van der Waals surface area contributed by atoms with Gasteiger partial charge < -0.3 is 11.1 Å². The standard InChI is InChI=1S/C16H22N4O/c1-4-12-10-13(5-2)20(19-12)15-9-11(7-8-14(15)17)16(21)18-6-3/h7-10H,4-6,17H2,1-3H3,(H,18,21). The monoisotopic (exact) mass is 286 g/mol. The molecule has 0 atom stereocenters. The highest BCUT2D eigenvalue weighted by Crippen LogP contribution is 2.21. The van der Waals surface area contributed by atoms with Crippen molar-refractivity contribution in [1.29, 1.82) is 0 Å². The zero-order chi connectivity index (χ0) is 15.4. The topological polar surface area (TPSA) is 72.9 Å². The van der Waals surface area contributed by atoms with E-state index >= 15 is 0 Å². The Morgan fingerprint density at radius 3 is 2.62 bits per heavy atom. The lowest BCUT2D eigenvalue weighted by atomic mass is 10.1. The molecule has 0 aliphatic carbocycles. The number of nitrogen functional groups attached to an aromatic ring is 1. The van der Waals surface area contributed by atoms with Crippen LogP contribution in [-0.2, 0) is 12.8 Å². The minimum Gasteiger partial charge on any atom is -0.397 e. The molecule has 112 valence electrons. The molecule has 0 saturated heterocycles. The minimum absolute atomic E-state index is 0.0975. The summed E-state index contributed by atoms with van der Waals surface area (Å²) in [5, 5.41) is 7.38. The fraction of sp³-hybridized carbons (Fsp3) is 0.375. The molecule has 0 saturated carbocycles. The SMILES string of the molecule is CCNC(=O)c1ccc(N)c(-n2nc(CC)cc2CC)c1. The van der Waals surface area contributed by atoms with E-state index in [4.69, 9.17) is 5.73 Å². The van der Waals surface area contributed by atoms with Crippen molar-refractivity contribution in [2.45, 2.75) is 33.6 Å². The summed E-state index contributed by atoms with van der Waals surface area (Å²) in [6, 6.07) is 7.37. The Bertz CT molecular complexity index is 646. The van der Waals surface area contributed by atoms with Crippen LogP contribution < -0.4 is 11.1 Å². The van der Waals surface area contributed by atoms with Crippen molar-refractivity contribution in [3.63, 3.8) is 0 Å². The maximum absolute atomic E-state index is 12.0. The Kier molecular flexibility index (Phi) is 4.62. The summed E-state index contributed by atoms with van der Waals surface area (Å²) in [6.07, 6.45) is 1.73. The van der Waals surface area contributed by atoms with Gasteiger partial charge in [0.2, 0.25) is 0 Å². The van der Waals surface area contributed by atoms with E-state index in [9.17, 15) is 4.79 Å². The summed E-state index contributed by atoms with van der Waals surface area (Å²) in [7, 11) is 0. The van der Waals surface area contributed by atoms with Crippen molar-refractivity contribution in [3.05, 3.63) is 41.2 Å². The van der Waals surface area contributed by atoms with E-state index in [-0.39, 0.29) is 5.91 Å². The van der Waals surface area contributed by atoms with Crippen LogP contribution in [0.2, 0.25) is 0 Å². The molecule has 1 amide bonds. The van der Waals surface area contributed by atoms with Crippen molar-refractivity contribution in [2.75, 3.05) is 12.3 Å². The number of carbonyl (C=O) groups excluding carboxylic acids is 1. The van der Waals surface area contributed by atoms with Gasteiger partial charge in [-0.25, -0.2) is 4.68 Å². The molecule has 1 heterocycles. The van der Waals surface area contributed by atoms with Crippen molar-refractivity contribution in [1.82, 2.24) is 15.1 Å². The molecule has 0 aliphatic rings. The van der Waals surface area contributed by atoms with Crippen LogP contribution in [-0.4, -0.2) is 22.2 Å². The van der Waals surface area contributed by atoms with Crippen LogP contribution in [0.1, 0.15) is 42.5 Å². The molecular weight excluding hydrogens is 264 g/mol. The van der Waals surface area contributed by atoms with Crippen LogP contribution in [0.5, 0.6) is 0 Å². The van der Waals surface area contributed by atoms with Gasteiger partial charge >= 0.3 is 0 Å². The summed E-state index contributed by atoms with van der Waals surface area (Å²) in [4.78, 5) is 12.0. The van der Waals surface area contributed by atoms with Gasteiger partial charge in [-0.15, -0.1) is 0 Å². The molecule has 2 aromatic rings. The second kappa shape index (κ2) is 6.43.